The molecule has 0 aliphatic carbocycles. The molecule has 0 radical (unpaired) electrons. The molecule has 72 valence electrons. The van der Waals surface area contributed by atoms with Gasteiger partial charge in [-0.2, -0.15) is 0 Å². The van der Waals surface area contributed by atoms with Crippen LogP contribution < -0.4 is 11.5 Å². The molecule has 0 amide bonds. The first-order chi connectivity index (χ1) is 6.19. The van der Waals surface area contributed by atoms with Crippen molar-refractivity contribution >= 4 is 22.3 Å². The molecule has 4 N–H and O–H groups in total. The predicted molar refractivity (Wildman–Crippen MR) is 50.4 cm³/mol. The molecule has 0 saturated heterocycles. The van der Waals surface area contributed by atoms with Crippen LogP contribution in [0.15, 0.2) is 0 Å². The molecule has 0 spiro atoms. The lowest BCUT2D eigenvalue weighted by molar-refractivity contribution is 0.0521. The van der Waals surface area contributed by atoms with E-state index in [9.17, 15) is 4.79 Å². The van der Waals surface area contributed by atoms with Gasteiger partial charge in [0.05, 0.1) is 6.61 Å². The van der Waals surface area contributed by atoms with Crippen LogP contribution in [0.2, 0.25) is 0 Å². The molecule has 1 aromatic heterocycles. The number of esters is 1. The van der Waals surface area contributed by atoms with E-state index in [2.05, 4.69) is 4.98 Å². The maximum atomic E-state index is 11.2. The molecule has 13 heavy (non-hydrogen) atoms. The van der Waals surface area contributed by atoms with Crippen LogP contribution >= 0.6 is 11.3 Å². The van der Waals surface area contributed by atoms with Crippen molar-refractivity contribution in [3.05, 3.63) is 10.7 Å². The van der Waals surface area contributed by atoms with Crippen LogP contribution in [0, 0.1) is 0 Å². The number of rotatable bonds is 3. The zero-order valence-electron chi connectivity index (χ0n) is 7.24. The number of carbonyl (C=O) groups excluding carboxylic acids is 1. The largest absolute Gasteiger partial charge is 0.461 e. The zero-order chi connectivity index (χ0) is 9.84. The quantitative estimate of drug-likeness (QED) is 0.689. The lowest BCUT2D eigenvalue weighted by atomic mass is 10.4. The summed E-state index contributed by atoms with van der Waals surface area (Å²) in [6.07, 6.45) is 0. The maximum absolute atomic E-state index is 11.2. The van der Waals surface area contributed by atoms with Gasteiger partial charge in [-0.15, -0.1) is 0 Å². The Morgan fingerprint density at radius 1 is 1.69 bits per heavy atom. The number of anilines is 1. The van der Waals surface area contributed by atoms with Gasteiger partial charge < -0.3 is 16.2 Å². The average Bonchev–Trinajstić information content (AvgIpc) is 2.47. The van der Waals surface area contributed by atoms with E-state index in [0.717, 1.165) is 0 Å². The van der Waals surface area contributed by atoms with Crippen LogP contribution in [0.25, 0.3) is 0 Å². The Kier molecular flexibility index (Phi) is 3.21. The standard InChI is InChI=1S/C7H11N3O2S/c1-2-12-7(11)5-6(9)13-4(3-8)10-5/h2-3,8-9H2,1H3. The fourth-order valence-corrected chi connectivity index (χ4v) is 1.51. The molecular weight excluding hydrogens is 190 g/mol. The molecule has 0 atom stereocenters. The van der Waals surface area contributed by atoms with Crippen molar-refractivity contribution in [3.8, 4) is 0 Å². The van der Waals surface area contributed by atoms with E-state index in [-0.39, 0.29) is 12.2 Å². The second-order valence-corrected chi connectivity index (χ2v) is 3.36. The third kappa shape index (κ3) is 2.16. The van der Waals surface area contributed by atoms with Crippen LogP contribution in [0.3, 0.4) is 0 Å². The van der Waals surface area contributed by atoms with Crippen molar-refractivity contribution in [3.63, 3.8) is 0 Å². The van der Waals surface area contributed by atoms with Crippen LogP contribution in [-0.4, -0.2) is 17.6 Å². The predicted octanol–water partition coefficient (Wildman–Crippen LogP) is 0.361. The first kappa shape index (κ1) is 9.94. The zero-order valence-corrected chi connectivity index (χ0v) is 8.06. The summed E-state index contributed by atoms with van der Waals surface area (Å²) < 4.78 is 4.75. The molecule has 0 bridgehead atoms. The third-order valence-corrected chi connectivity index (χ3v) is 2.25. The lowest BCUT2D eigenvalue weighted by Crippen LogP contribution is -2.07. The minimum Gasteiger partial charge on any atom is -0.461 e. The van der Waals surface area contributed by atoms with Crippen LogP contribution in [0.4, 0.5) is 5.00 Å². The SMILES string of the molecule is CCOC(=O)c1nc(CN)sc1N. The van der Waals surface area contributed by atoms with Gasteiger partial charge in [-0.05, 0) is 6.92 Å². The van der Waals surface area contributed by atoms with Crippen molar-refractivity contribution in [2.75, 3.05) is 12.3 Å². The second-order valence-electron chi connectivity index (χ2n) is 2.25. The first-order valence-electron chi connectivity index (χ1n) is 3.81. The minimum atomic E-state index is -0.490. The summed E-state index contributed by atoms with van der Waals surface area (Å²) in [5.74, 6) is -0.490. The summed E-state index contributed by atoms with van der Waals surface area (Å²) in [7, 11) is 0. The summed E-state index contributed by atoms with van der Waals surface area (Å²) in [6.45, 7) is 2.33. The Morgan fingerprint density at radius 2 is 2.38 bits per heavy atom. The van der Waals surface area contributed by atoms with Gasteiger partial charge in [0.2, 0.25) is 0 Å². The van der Waals surface area contributed by atoms with Gasteiger partial charge in [-0.3, -0.25) is 0 Å². The molecule has 0 saturated carbocycles. The van der Waals surface area contributed by atoms with Gasteiger partial charge in [-0.25, -0.2) is 9.78 Å². The Bertz CT molecular complexity index is 311. The first-order valence-corrected chi connectivity index (χ1v) is 4.63. The van der Waals surface area contributed by atoms with Gasteiger partial charge in [-0.1, -0.05) is 11.3 Å². The summed E-state index contributed by atoms with van der Waals surface area (Å²) in [4.78, 5) is 15.1. The highest BCUT2D eigenvalue weighted by Gasteiger charge is 2.16. The summed E-state index contributed by atoms with van der Waals surface area (Å²) in [5.41, 5.74) is 11.1. The second kappa shape index (κ2) is 4.20. The van der Waals surface area contributed by atoms with Crippen molar-refractivity contribution in [1.82, 2.24) is 4.98 Å². The smallest absolute Gasteiger partial charge is 0.360 e. The van der Waals surface area contributed by atoms with E-state index in [4.69, 9.17) is 16.2 Å². The third-order valence-electron chi connectivity index (χ3n) is 1.34. The molecule has 0 aliphatic heterocycles. The Hall–Kier alpha value is -1.14. The number of ether oxygens (including phenoxy) is 1. The number of carbonyl (C=O) groups is 1. The number of nitrogens with zero attached hydrogens (tertiary/aromatic N) is 1. The van der Waals surface area contributed by atoms with Crippen molar-refractivity contribution < 1.29 is 9.53 Å². The number of hydrogen-bond acceptors (Lipinski definition) is 6. The molecule has 0 fully saturated rings. The monoisotopic (exact) mass is 201 g/mol. The van der Waals surface area contributed by atoms with Crippen LogP contribution in [0.1, 0.15) is 22.4 Å². The summed E-state index contributed by atoms with van der Waals surface area (Å²) >= 11 is 1.21. The topological polar surface area (TPSA) is 91.2 Å². The van der Waals surface area contributed by atoms with Gasteiger partial charge in [0.1, 0.15) is 10.0 Å². The molecular formula is C7H11N3O2S. The Labute approximate surface area is 79.7 Å². The van der Waals surface area contributed by atoms with E-state index in [0.29, 0.717) is 16.6 Å². The number of nitrogen functional groups attached to an aromatic ring is 1. The highest BCUT2D eigenvalue weighted by atomic mass is 32.1. The van der Waals surface area contributed by atoms with Crippen LogP contribution in [-0.2, 0) is 11.3 Å². The molecule has 5 nitrogen and oxygen atoms in total. The van der Waals surface area contributed by atoms with Crippen molar-refractivity contribution in [2.24, 2.45) is 5.73 Å². The average molecular weight is 201 g/mol. The van der Waals surface area contributed by atoms with Gasteiger partial charge >= 0.3 is 5.97 Å². The van der Waals surface area contributed by atoms with Crippen molar-refractivity contribution in [2.45, 2.75) is 13.5 Å². The van der Waals surface area contributed by atoms with Crippen LogP contribution in [0.5, 0.6) is 0 Å². The number of nitrogens with two attached hydrogens (primary N) is 2. The fraction of sp³-hybridized carbons (Fsp3) is 0.429. The molecule has 0 aromatic carbocycles. The van der Waals surface area contributed by atoms with E-state index >= 15 is 0 Å². The normalized spacial score (nSPS) is 10.0. The number of aromatic nitrogens is 1. The van der Waals surface area contributed by atoms with Gasteiger partial charge in [0, 0.05) is 6.54 Å². The van der Waals surface area contributed by atoms with E-state index in [1.54, 1.807) is 6.92 Å². The molecule has 1 aromatic rings. The Balaban J connectivity index is 2.87. The van der Waals surface area contributed by atoms with Gasteiger partial charge in [0.25, 0.3) is 0 Å². The molecule has 1 heterocycles. The maximum Gasteiger partial charge on any atom is 0.360 e. The van der Waals surface area contributed by atoms with E-state index in [1.165, 1.54) is 11.3 Å². The van der Waals surface area contributed by atoms with E-state index < -0.39 is 5.97 Å². The molecule has 0 aliphatic rings. The van der Waals surface area contributed by atoms with E-state index in [1.807, 2.05) is 0 Å². The van der Waals surface area contributed by atoms with Gasteiger partial charge in [0.15, 0.2) is 5.69 Å². The van der Waals surface area contributed by atoms with Crippen molar-refractivity contribution in [1.29, 1.82) is 0 Å². The molecule has 0 unspecified atom stereocenters. The fourth-order valence-electron chi connectivity index (χ4n) is 0.811. The summed E-state index contributed by atoms with van der Waals surface area (Å²) in [6, 6.07) is 0. The molecule has 1 rings (SSSR count). The summed E-state index contributed by atoms with van der Waals surface area (Å²) in [5, 5.41) is 0.999. The lowest BCUT2D eigenvalue weighted by Gasteiger charge is -1.97. The Morgan fingerprint density at radius 3 is 2.85 bits per heavy atom. The number of thiazole rings is 1. The minimum absolute atomic E-state index is 0.173. The number of hydrogen-bond donors (Lipinski definition) is 2. The molecule has 6 heteroatoms. The highest BCUT2D eigenvalue weighted by molar-refractivity contribution is 7.15. The highest BCUT2D eigenvalue weighted by Crippen LogP contribution is 2.21.